The average Bonchev–Trinajstić information content (AvgIpc) is 3.00. The van der Waals surface area contributed by atoms with Gasteiger partial charge in [-0.05, 0) is 49.9 Å². The topological polar surface area (TPSA) is 56.1 Å². The van der Waals surface area contributed by atoms with Crippen molar-refractivity contribution in [1.82, 2.24) is 14.9 Å². The Bertz CT molecular complexity index is 766. The summed E-state index contributed by atoms with van der Waals surface area (Å²) in [6.45, 7) is 6.40. The highest BCUT2D eigenvalue weighted by atomic mass is 35.5. The molecule has 0 bridgehead atoms. The number of imidazole rings is 1. The third kappa shape index (κ3) is 4.10. The zero-order valence-corrected chi connectivity index (χ0v) is 16.3. The van der Waals surface area contributed by atoms with Crippen molar-refractivity contribution in [1.29, 1.82) is 0 Å². The lowest BCUT2D eigenvalue weighted by Crippen LogP contribution is -2.40. The number of halogens is 1. The van der Waals surface area contributed by atoms with E-state index in [4.69, 9.17) is 16.3 Å². The van der Waals surface area contributed by atoms with Crippen LogP contribution in [0, 0.1) is 11.8 Å². The number of nitrogens with one attached hydrogen (secondary N) is 1. The second-order valence-corrected chi connectivity index (χ2v) is 7.67. The van der Waals surface area contributed by atoms with Gasteiger partial charge in [-0.25, -0.2) is 4.98 Å². The molecule has 1 saturated heterocycles. The van der Waals surface area contributed by atoms with Gasteiger partial charge in [-0.1, -0.05) is 37.6 Å². The van der Waals surface area contributed by atoms with Gasteiger partial charge in [-0.2, -0.15) is 0 Å². The Morgan fingerprint density at radius 3 is 2.73 bits per heavy atom. The molecule has 0 amide bonds. The number of ketones is 1. The molecule has 5 nitrogen and oxygen atoms in total. The Kier molecular flexibility index (Phi) is 5.99. The molecule has 6 heteroatoms. The van der Waals surface area contributed by atoms with Gasteiger partial charge in [0.05, 0.1) is 6.20 Å². The first-order valence-electron chi connectivity index (χ1n) is 9.16. The van der Waals surface area contributed by atoms with Crippen molar-refractivity contribution >= 4 is 17.4 Å². The van der Waals surface area contributed by atoms with Crippen LogP contribution in [0.3, 0.4) is 0 Å². The zero-order valence-electron chi connectivity index (χ0n) is 15.5. The average molecular weight is 376 g/mol. The fourth-order valence-electron chi connectivity index (χ4n) is 3.56. The summed E-state index contributed by atoms with van der Waals surface area (Å²) in [5.74, 6) is 0.766. The maximum atomic E-state index is 12.8. The van der Waals surface area contributed by atoms with Crippen LogP contribution in [0.2, 0.25) is 5.02 Å². The second-order valence-electron chi connectivity index (χ2n) is 7.24. The van der Waals surface area contributed by atoms with Gasteiger partial charge in [0, 0.05) is 17.6 Å². The fraction of sp³-hybridized carbons (Fsp3) is 0.500. The minimum Gasteiger partial charge on any atom is -0.461 e. The van der Waals surface area contributed by atoms with E-state index < -0.39 is 0 Å². The molecule has 1 aliphatic rings. The van der Waals surface area contributed by atoms with Crippen molar-refractivity contribution < 1.29 is 9.53 Å². The second kappa shape index (κ2) is 8.23. The summed E-state index contributed by atoms with van der Waals surface area (Å²) in [7, 11) is 1.82. The number of piperidine rings is 1. The molecule has 1 aromatic heterocycles. The van der Waals surface area contributed by atoms with Crippen LogP contribution in [0.4, 0.5) is 0 Å². The summed E-state index contributed by atoms with van der Waals surface area (Å²) in [5.41, 5.74) is 1.04. The van der Waals surface area contributed by atoms with Crippen molar-refractivity contribution in [2.45, 2.75) is 32.8 Å². The van der Waals surface area contributed by atoms with Crippen molar-refractivity contribution in [3.05, 3.63) is 46.7 Å². The van der Waals surface area contributed by atoms with Crippen LogP contribution in [0.1, 0.15) is 42.7 Å². The monoisotopic (exact) mass is 375 g/mol. The molecule has 140 valence electrons. The van der Waals surface area contributed by atoms with Gasteiger partial charge in [0.15, 0.2) is 0 Å². The van der Waals surface area contributed by atoms with Crippen molar-refractivity contribution in [2.24, 2.45) is 18.9 Å². The normalized spacial score (nSPS) is 16.7. The SMILES string of the molecule is CC(C)C(Oc1ncc(C(=O)c2cccc(Cl)c2)n1C)C1CCNCC1. The Morgan fingerprint density at radius 1 is 1.35 bits per heavy atom. The Hall–Kier alpha value is -1.85. The number of nitrogens with zero attached hydrogens (tertiary/aromatic N) is 2. The molecule has 2 heterocycles. The summed E-state index contributed by atoms with van der Waals surface area (Å²) in [5, 5.41) is 3.94. The van der Waals surface area contributed by atoms with Gasteiger partial charge in [0.2, 0.25) is 5.78 Å². The summed E-state index contributed by atoms with van der Waals surface area (Å²) < 4.78 is 8.02. The third-order valence-electron chi connectivity index (χ3n) is 5.01. The van der Waals surface area contributed by atoms with Gasteiger partial charge in [-0.15, -0.1) is 0 Å². The van der Waals surface area contributed by atoms with Gasteiger partial charge in [0.25, 0.3) is 6.01 Å². The van der Waals surface area contributed by atoms with Crippen LogP contribution in [0.5, 0.6) is 6.01 Å². The van der Waals surface area contributed by atoms with E-state index in [1.807, 2.05) is 7.05 Å². The molecular weight excluding hydrogens is 350 g/mol. The Labute approximate surface area is 159 Å². The van der Waals surface area contributed by atoms with Crippen molar-refractivity contribution in [3.63, 3.8) is 0 Å². The Balaban J connectivity index is 1.80. The van der Waals surface area contributed by atoms with Crippen LogP contribution in [-0.2, 0) is 7.05 Å². The largest absolute Gasteiger partial charge is 0.461 e. The smallest absolute Gasteiger partial charge is 0.296 e. The van der Waals surface area contributed by atoms with Crippen LogP contribution in [0.25, 0.3) is 0 Å². The predicted octanol–water partition coefficient (Wildman–Crippen LogP) is 3.71. The fourth-order valence-corrected chi connectivity index (χ4v) is 3.75. The van der Waals surface area contributed by atoms with Crippen LogP contribution in [0.15, 0.2) is 30.5 Å². The number of benzene rings is 1. The van der Waals surface area contributed by atoms with Gasteiger partial charge >= 0.3 is 0 Å². The standard InChI is InChI=1S/C20H26ClN3O2/c1-13(2)19(14-7-9-22-10-8-14)26-20-23-12-17(24(20)3)18(25)15-5-4-6-16(21)11-15/h4-6,11-14,19,22H,7-10H2,1-3H3. The number of aromatic nitrogens is 2. The molecule has 0 radical (unpaired) electrons. The molecule has 1 unspecified atom stereocenters. The van der Waals surface area contributed by atoms with E-state index in [0.29, 0.717) is 34.1 Å². The number of ether oxygens (including phenoxy) is 1. The van der Waals surface area contributed by atoms with Crippen molar-refractivity contribution in [3.8, 4) is 6.01 Å². The maximum absolute atomic E-state index is 12.8. The van der Waals surface area contributed by atoms with Crippen LogP contribution >= 0.6 is 11.6 Å². The van der Waals surface area contributed by atoms with E-state index in [1.165, 1.54) is 0 Å². The molecule has 3 rings (SSSR count). The molecule has 1 atom stereocenters. The summed E-state index contributed by atoms with van der Waals surface area (Å²) >= 11 is 6.01. The molecule has 1 fully saturated rings. The number of rotatable bonds is 6. The molecule has 2 aromatic rings. The first-order valence-corrected chi connectivity index (χ1v) is 9.54. The highest BCUT2D eigenvalue weighted by Crippen LogP contribution is 2.27. The number of carbonyl (C=O) groups excluding carboxylic acids is 1. The van der Waals surface area contributed by atoms with Gasteiger partial charge in [0.1, 0.15) is 11.8 Å². The summed E-state index contributed by atoms with van der Waals surface area (Å²) in [6.07, 6.45) is 3.87. The lowest BCUT2D eigenvalue weighted by Gasteiger charge is -2.33. The molecule has 0 saturated carbocycles. The number of carbonyl (C=O) groups is 1. The quantitative estimate of drug-likeness (QED) is 0.782. The minimum absolute atomic E-state index is 0.0901. The zero-order chi connectivity index (χ0) is 18.7. The summed E-state index contributed by atoms with van der Waals surface area (Å²) in [4.78, 5) is 17.1. The van der Waals surface area contributed by atoms with E-state index in [0.717, 1.165) is 25.9 Å². The maximum Gasteiger partial charge on any atom is 0.296 e. The van der Waals surface area contributed by atoms with Crippen LogP contribution < -0.4 is 10.1 Å². The van der Waals surface area contributed by atoms with E-state index in [2.05, 4.69) is 24.1 Å². The highest BCUT2D eigenvalue weighted by molar-refractivity contribution is 6.31. The first-order chi connectivity index (χ1) is 12.5. The first kappa shape index (κ1) is 18.9. The Morgan fingerprint density at radius 2 is 2.08 bits per heavy atom. The van der Waals surface area contributed by atoms with Crippen molar-refractivity contribution in [2.75, 3.05) is 13.1 Å². The number of hydrogen-bond acceptors (Lipinski definition) is 4. The van der Waals surface area contributed by atoms with E-state index in [1.54, 1.807) is 35.0 Å². The van der Waals surface area contributed by atoms with Crippen LogP contribution in [-0.4, -0.2) is 34.5 Å². The van der Waals surface area contributed by atoms with Gasteiger partial charge < -0.3 is 10.1 Å². The van der Waals surface area contributed by atoms with E-state index in [-0.39, 0.29) is 11.9 Å². The predicted molar refractivity (Wildman–Crippen MR) is 103 cm³/mol. The summed E-state index contributed by atoms with van der Waals surface area (Å²) in [6, 6.07) is 7.45. The third-order valence-corrected chi connectivity index (χ3v) is 5.25. The molecule has 1 N–H and O–H groups in total. The van der Waals surface area contributed by atoms with Gasteiger partial charge in [-0.3, -0.25) is 9.36 Å². The minimum atomic E-state index is -0.111. The van der Waals surface area contributed by atoms with E-state index >= 15 is 0 Å². The lowest BCUT2D eigenvalue weighted by atomic mass is 9.86. The molecule has 0 aliphatic carbocycles. The number of hydrogen-bond donors (Lipinski definition) is 1. The molecule has 26 heavy (non-hydrogen) atoms. The lowest BCUT2D eigenvalue weighted by molar-refractivity contribution is 0.0602. The highest BCUT2D eigenvalue weighted by Gasteiger charge is 2.29. The molecular formula is C20H26ClN3O2. The molecule has 1 aliphatic heterocycles. The molecule has 0 spiro atoms. The van der Waals surface area contributed by atoms with E-state index in [9.17, 15) is 4.79 Å². The molecule has 1 aromatic carbocycles.